The van der Waals surface area contributed by atoms with Gasteiger partial charge in [-0.1, -0.05) is 24.3 Å². The summed E-state index contributed by atoms with van der Waals surface area (Å²) < 4.78 is 4.99. The SMILES string of the molecule is CC(NC(=O)c1cccc([N+](=O)[O-])c1)C(=O)OCC(=O)c1ccc(NC(=O)c2ccccc2)cc1. The number of ether oxygens (including phenoxy) is 1. The van der Waals surface area contributed by atoms with E-state index in [0.717, 1.165) is 6.07 Å². The lowest BCUT2D eigenvalue weighted by atomic mass is 10.1. The fourth-order valence-electron chi connectivity index (χ4n) is 2.98. The van der Waals surface area contributed by atoms with Gasteiger partial charge in [0.05, 0.1) is 4.92 Å². The van der Waals surface area contributed by atoms with Gasteiger partial charge in [0.15, 0.2) is 12.4 Å². The van der Waals surface area contributed by atoms with Gasteiger partial charge in [-0.15, -0.1) is 0 Å². The van der Waals surface area contributed by atoms with E-state index in [1.54, 1.807) is 42.5 Å². The van der Waals surface area contributed by atoms with Crippen LogP contribution < -0.4 is 10.6 Å². The number of anilines is 1. The molecule has 10 nitrogen and oxygen atoms in total. The number of rotatable bonds is 9. The highest BCUT2D eigenvalue weighted by atomic mass is 16.6. The zero-order valence-corrected chi connectivity index (χ0v) is 18.6. The quantitative estimate of drug-likeness (QED) is 0.209. The number of carbonyl (C=O) groups excluding carboxylic acids is 4. The summed E-state index contributed by atoms with van der Waals surface area (Å²) in [5.74, 6) is -2.31. The first-order valence-corrected chi connectivity index (χ1v) is 10.5. The maximum Gasteiger partial charge on any atom is 0.328 e. The number of esters is 1. The number of nitro groups is 1. The number of Topliss-reactive ketones (excluding diaryl/α,β-unsaturated/α-hetero) is 1. The number of nitrogens with zero attached hydrogens (tertiary/aromatic N) is 1. The van der Waals surface area contributed by atoms with E-state index in [1.807, 2.05) is 0 Å². The Morgan fingerprint density at radius 1 is 0.857 bits per heavy atom. The van der Waals surface area contributed by atoms with Crippen molar-refractivity contribution in [1.29, 1.82) is 0 Å². The summed E-state index contributed by atoms with van der Waals surface area (Å²) in [4.78, 5) is 59.2. The normalized spacial score (nSPS) is 11.1. The zero-order valence-electron chi connectivity index (χ0n) is 18.6. The molecule has 2 N–H and O–H groups in total. The largest absolute Gasteiger partial charge is 0.456 e. The molecule has 0 bridgehead atoms. The predicted molar refractivity (Wildman–Crippen MR) is 126 cm³/mol. The van der Waals surface area contributed by atoms with Crippen LogP contribution in [0, 0.1) is 10.1 Å². The van der Waals surface area contributed by atoms with E-state index in [2.05, 4.69) is 10.6 Å². The minimum absolute atomic E-state index is 0.00868. The van der Waals surface area contributed by atoms with Crippen LogP contribution in [-0.4, -0.2) is 41.1 Å². The van der Waals surface area contributed by atoms with E-state index in [0.29, 0.717) is 11.3 Å². The number of nitrogens with one attached hydrogen (secondary N) is 2. The lowest BCUT2D eigenvalue weighted by Gasteiger charge is -2.13. The first-order valence-electron chi connectivity index (χ1n) is 10.5. The smallest absolute Gasteiger partial charge is 0.328 e. The van der Waals surface area contributed by atoms with Crippen LogP contribution in [0.2, 0.25) is 0 Å². The second-order valence-corrected chi connectivity index (χ2v) is 7.43. The highest BCUT2D eigenvalue weighted by Crippen LogP contribution is 2.14. The average molecular weight is 475 g/mol. The Balaban J connectivity index is 1.50. The third-order valence-electron chi connectivity index (χ3n) is 4.87. The molecule has 3 aromatic carbocycles. The van der Waals surface area contributed by atoms with Gasteiger partial charge in [0.2, 0.25) is 0 Å². The highest BCUT2D eigenvalue weighted by Gasteiger charge is 2.20. The fraction of sp³-hybridized carbons (Fsp3) is 0.120. The van der Waals surface area contributed by atoms with Crippen molar-refractivity contribution in [3.8, 4) is 0 Å². The van der Waals surface area contributed by atoms with Crippen molar-refractivity contribution in [3.05, 3.63) is 106 Å². The van der Waals surface area contributed by atoms with Gasteiger partial charge in [0.25, 0.3) is 17.5 Å². The first kappa shape index (κ1) is 24.8. The van der Waals surface area contributed by atoms with Gasteiger partial charge in [0, 0.05) is 34.5 Å². The third-order valence-corrected chi connectivity index (χ3v) is 4.87. The number of hydrogen-bond acceptors (Lipinski definition) is 7. The van der Waals surface area contributed by atoms with Crippen molar-refractivity contribution in [2.75, 3.05) is 11.9 Å². The highest BCUT2D eigenvalue weighted by molar-refractivity contribution is 6.05. The average Bonchev–Trinajstić information content (AvgIpc) is 2.87. The van der Waals surface area contributed by atoms with Crippen LogP contribution >= 0.6 is 0 Å². The Bertz CT molecular complexity index is 1260. The molecule has 0 aliphatic rings. The van der Waals surface area contributed by atoms with Crippen LogP contribution in [0.4, 0.5) is 11.4 Å². The Hall–Kier alpha value is -4.86. The second kappa shape index (κ2) is 11.3. The van der Waals surface area contributed by atoms with Crippen LogP contribution in [0.1, 0.15) is 38.0 Å². The number of nitro benzene ring substituents is 1. The number of benzene rings is 3. The topological polar surface area (TPSA) is 145 Å². The number of amides is 2. The molecule has 3 rings (SSSR count). The van der Waals surface area contributed by atoms with E-state index in [4.69, 9.17) is 4.74 Å². The van der Waals surface area contributed by atoms with Gasteiger partial charge in [0.1, 0.15) is 6.04 Å². The van der Waals surface area contributed by atoms with Gasteiger partial charge in [-0.2, -0.15) is 0 Å². The van der Waals surface area contributed by atoms with Crippen LogP contribution in [0.5, 0.6) is 0 Å². The lowest BCUT2D eigenvalue weighted by Crippen LogP contribution is -2.40. The lowest BCUT2D eigenvalue weighted by molar-refractivity contribution is -0.384. The molecule has 0 fully saturated rings. The molecular formula is C25H21N3O7. The van der Waals surface area contributed by atoms with Crippen molar-refractivity contribution < 1.29 is 28.8 Å². The number of carbonyl (C=O) groups is 4. The predicted octanol–water partition coefficient (Wildman–Crippen LogP) is 3.39. The minimum atomic E-state index is -1.09. The molecule has 0 radical (unpaired) electrons. The number of non-ortho nitro benzene ring substituents is 1. The van der Waals surface area contributed by atoms with Crippen molar-refractivity contribution in [2.24, 2.45) is 0 Å². The molecule has 0 saturated carbocycles. The monoisotopic (exact) mass is 475 g/mol. The summed E-state index contributed by atoms with van der Waals surface area (Å²) in [5, 5.41) is 15.9. The Labute approximate surface area is 200 Å². The molecule has 3 aromatic rings. The van der Waals surface area contributed by atoms with Crippen LogP contribution in [0.15, 0.2) is 78.9 Å². The van der Waals surface area contributed by atoms with E-state index in [1.165, 1.54) is 37.3 Å². The Morgan fingerprint density at radius 3 is 2.17 bits per heavy atom. The molecule has 0 heterocycles. The van der Waals surface area contributed by atoms with Gasteiger partial charge in [-0.25, -0.2) is 4.79 Å². The Morgan fingerprint density at radius 2 is 1.51 bits per heavy atom. The third kappa shape index (κ3) is 6.81. The molecule has 35 heavy (non-hydrogen) atoms. The fourth-order valence-corrected chi connectivity index (χ4v) is 2.98. The Kier molecular flexibility index (Phi) is 8.02. The van der Waals surface area contributed by atoms with Gasteiger partial charge in [-0.05, 0) is 49.4 Å². The summed E-state index contributed by atoms with van der Waals surface area (Å²) in [6.07, 6.45) is 0. The van der Waals surface area contributed by atoms with Crippen LogP contribution in [0.25, 0.3) is 0 Å². The van der Waals surface area contributed by atoms with Gasteiger partial charge < -0.3 is 15.4 Å². The molecule has 10 heteroatoms. The van der Waals surface area contributed by atoms with Crippen LogP contribution in [0.3, 0.4) is 0 Å². The summed E-state index contributed by atoms with van der Waals surface area (Å²) in [6, 6.07) is 18.7. The van der Waals surface area contributed by atoms with Gasteiger partial charge in [-0.3, -0.25) is 24.5 Å². The molecular weight excluding hydrogens is 454 g/mol. The summed E-state index contributed by atoms with van der Waals surface area (Å²) in [7, 11) is 0. The molecule has 0 aromatic heterocycles. The zero-order chi connectivity index (χ0) is 25.4. The number of ketones is 1. The van der Waals surface area contributed by atoms with E-state index in [-0.39, 0.29) is 22.7 Å². The first-order chi connectivity index (χ1) is 16.7. The maximum atomic E-state index is 12.4. The second-order valence-electron chi connectivity index (χ2n) is 7.43. The van der Waals surface area contributed by atoms with Crippen molar-refractivity contribution in [2.45, 2.75) is 13.0 Å². The summed E-state index contributed by atoms with van der Waals surface area (Å²) in [6.45, 7) is 0.817. The van der Waals surface area contributed by atoms with Crippen molar-refractivity contribution in [3.63, 3.8) is 0 Å². The number of hydrogen-bond donors (Lipinski definition) is 2. The molecule has 1 atom stereocenters. The molecule has 0 saturated heterocycles. The molecule has 0 aliphatic heterocycles. The van der Waals surface area contributed by atoms with Crippen molar-refractivity contribution in [1.82, 2.24) is 5.32 Å². The van der Waals surface area contributed by atoms with E-state index in [9.17, 15) is 29.3 Å². The molecule has 0 spiro atoms. The summed E-state index contributed by atoms with van der Waals surface area (Å²) in [5.41, 5.74) is 0.999. The van der Waals surface area contributed by atoms with Crippen molar-refractivity contribution >= 4 is 34.9 Å². The molecule has 178 valence electrons. The molecule has 0 aliphatic carbocycles. The molecule has 2 amide bonds. The van der Waals surface area contributed by atoms with Gasteiger partial charge >= 0.3 is 5.97 Å². The standard InChI is InChI=1S/C25H21N3O7/c1-16(26-24(31)19-8-5-9-21(14-19)28(33)34)25(32)35-15-22(29)17-10-12-20(13-11-17)27-23(30)18-6-3-2-4-7-18/h2-14,16H,15H2,1H3,(H,26,31)(H,27,30). The minimum Gasteiger partial charge on any atom is -0.456 e. The maximum absolute atomic E-state index is 12.4. The summed E-state index contributed by atoms with van der Waals surface area (Å²) >= 11 is 0. The van der Waals surface area contributed by atoms with Crippen LogP contribution in [-0.2, 0) is 9.53 Å². The molecule has 1 unspecified atom stereocenters. The van der Waals surface area contributed by atoms with E-state index >= 15 is 0 Å². The van der Waals surface area contributed by atoms with E-state index < -0.39 is 35.2 Å².